The number of hydrogen-bond donors (Lipinski definition) is 1. The van der Waals surface area contributed by atoms with Crippen LogP contribution >= 0.6 is 0 Å². The molecule has 0 aliphatic carbocycles. The van der Waals surface area contributed by atoms with Crippen molar-refractivity contribution in [1.82, 2.24) is 20.4 Å². The highest BCUT2D eigenvalue weighted by molar-refractivity contribution is 5.94. The molecule has 1 N–H and O–H groups in total. The molecule has 4 rings (SSSR count). The molecule has 1 aliphatic rings. The predicted molar refractivity (Wildman–Crippen MR) is 127 cm³/mol. The van der Waals surface area contributed by atoms with Crippen molar-refractivity contribution in [2.24, 2.45) is 0 Å². The van der Waals surface area contributed by atoms with E-state index in [0.29, 0.717) is 54.5 Å². The number of ether oxygens (including phenoxy) is 1. The third kappa shape index (κ3) is 6.30. The largest absolute Gasteiger partial charge is 0.372 e. The van der Waals surface area contributed by atoms with Crippen molar-refractivity contribution in [1.29, 1.82) is 0 Å². The van der Waals surface area contributed by atoms with Crippen LogP contribution in [0.3, 0.4) is 0 Å². The van der Waals surface area contributed by atoms with Gasteiger partial charge in [0.15, 0.2) is 0 Å². The minimum atomic E-state index is -0.295. The Hall–Kier alpha value is -3.59. The van der Waals surface area contributed by atoms with Gasteiger partial charge >= 0.3 is 0 Å². The molecule has 2 amide bonds. The molecule has 0 radical (unpaired) electrons. The van der Waals surface area contributed by atoms with Gasteiger partial charge in [0.25, 0.3) is 5.91 Å². The Morgan fingerprint density at radius 1 is 1.11 bits per heavy atom. The van der Waals surface area contributed by atoms with E-state index in [2.05, 4.69) is 15.5 Å². The van der Waals surface area contributed by atoms with E-state index in [1.54, 1.807) is 31.2 Å². The number of rotatable bonds is 7. The zero-order valence-corrected chi connectivity index (χ0v) is 20.1. The third-order valence-corrected chi connectivity index (χ3v) is 5.85. The maximum atomic E-state index is 13.5. The van der Waals surface area contributed by atoms with E-state index in [1.165, 1.54) is 6.07 Å². The van der Waals surface area contributed by atoms with Gasteiger partial charge in [-0.05, 0) is 62.2 Å². The summed E-state index contributed by atoms with van der Waals surface area (Å²) in [6, 6.07) is 11.9. The molecular formula is C26H29FN4O4. The van der Waals surface area contributed by atoms with Gasteiger partial charge in [0.05, 0.1) is 12.2 Å². The van der Waals surface area contributed by atoms with Crippen LogP contribution in [0, 0.1) is 12.7 Å². The van der Waals surface area contributed by atoms with Gasteiger partial charge in [0, 0.05) is 43.6 Å². The van der Waals surface area contributed by atoms with Crippen molar-refractivity contribution in [2.75, 3.05) is 13.1 Å². The monoisotopic (exact) mass is 480 g/mol. The van der Waals surface area contributed by atoms with E-state index < -0.39 is 0 Å². The number of nitrogens with one attached hydrogen (secondary N) is 1. The topological polar surface area (TPSA) is 97.6 Å². The molecule has 2 unspecified atom stereocenters. The molecule has 2 aromatic carbocycles. The first-order valence-electron chi connectivity index (χ1n) is 11.7. The summed E-state index contributed by atoms with van der Waals surface area (Å²) in [5.74, 6) is 0.235. The molecule has 8 nitrogen and oxygen atoms in total. The predicted octanol–water partition coefficient (Wildman–Crippen LogP) is 3.68. The summed E-state index contributed by atoms with van der Waals surface area (Å²) >= 11 is 0. The lowest BCUT2D eigenvalue weighted by Gasteiger charge is -2.35. The number of halogens is 1. The summed E-state index contributed by atoms with van der Waals surface area (Å²) in [5, 5.41) is 6.78. The number of hydrogen-bond acceptors (Lipinski definition) is 6. The second-order valence-corrected chi connectivity index (χ2v) is 8.92. The second-order valence-electron chi connectivity index (χ2n) is 8.92. The standard InChI is InChI=1S/C26H29FN4O4/c1-16-12-21(8-9-22(16)27)25-29-24(35-30-25)11-10-23(32)28-13-19-4-6-20(7-5-19)26(33)31-14-17(2)34-18(3)15-31/h4-9,12,17-18H,10-11,13-15H2,1-3H3,(H,28,32). The van der Waals surface area contributed by atoms with Crippen LogP contribution in [0.2, 0.25) is 0 Å². The first-order chi connectivity index (χ1) is 16.8. The Morgan fingerprint density at radius 3 is 2.51 bits per heavy atom. The lowest BCUT2D eigenvalue weighted by atomic mass is 10.1. The molecule has 1 fully saturated rings. The van der Waals surface area contributed by atoms with Gasteiger partial charge in [0.1, 0.15) is 5.82 Å². The van der Waals surface area contributed by atoms with Gasteiger partial charge in [-0.3, -0.25) is 9.59 Å². The zero-order valence-electron chi connectivity index (χ0n) is 20.1. The van der Waals surface area contributed by atoms with Crippen LogP contribution < -0.4 is 5.32 Å². The van der Waals surface area contributed by atoms with Gasteiger partial charge in [0.2, 0.25) is 17.6 Å². The third-order valence-electron chi connectivity index (χ3n) is 5.85. The highest BCUT2D eigenvalue weighted by Gasteiger charge is 2.26. The van der Waals surface area contributed by atoms with Gasteiger partial charge in [-0.1, -0.05) is 17.3 Å². The SMILES string of the molecule is Cc1cc(-c2noc(CCC(=O)NCc3ccc(C(=O)N4CC(C)OC(C)C4)cc3)n2)ccc1F. The van der Waals surface area contributed by atoms with Gasteiger partial charge in [-0.15, -0.1) is 0 Å². The van der Waals surface area contributed by atoms with Crippen LogP contribution in [0.1, 0.15) is 47.6 Å². The summed E-state index contributed by atoms with van der Waals surface area (Å²) < 4.78 is 24.4. The fourth-order valence-electron chi connectivity index (χ4n) is 4.06. The van der Waals surface area contributed by atoms with Crippen LogP contribution in [0.25, 0.3) is 11.4 Å². The number of nitrogens with zero attached hydrogens (tertiary/aromatic N) is 3. The fraction of sp³-hybridized carbons (Fsp3) is 0.385. The molecule has 0 spiro atoms. The van der Waals surface area contributed by atoms with Crippen LogP contribution in [0.15, 0.2) is 47.0 Å². The zero-order chi connectivity index (χ0) is 24.9. The van der Waals surface area contributed by atoms with Crippen molar-refractivity contribution >= 4 is 11.8 Å². The number of amides is 2. The van der Waals surface area contributed by atoms with Crippen LogP contribution in [0.4, 0.5) is 4.39 Å². The Bertz CT molecular complexity index is 1180. The fourth-order valence-corrected chi connectivity index (χ4v) is 4.06. The Morgan fingerprint density at radius 2 is 1.83 bits per heavy atom. The van der Waals surface area contributed by atoms with E-state index in [-0.39, 0.29) is 36.3 Å². The van der Waals surface area contributed by atoms with Gasteiger partial charge in [-0.2, -0.15) is 4.98 Å². The van der Waals surface area contributed by atoms with Crippen molar-refractivity contribution in [2.45, 2.75) is 52.4 Å². The normalized spacial score (nSPS) is 17.9. The summed E-state index contributed by atoms with van der Waals surface area (Å²) in [6.45, 7) is 7.10. The number of morpholine rings is 1. The summed E-state index contributed by atoms with van der Waals surface area (Å²) in [4.78, 5) is 31.2. The maximum Gasteiger partial charge on any atom is 0.254 e. The summed E-state index contributed by atoms with van der Waals surface area (Å²) in [6.07, 6.45) is 0.516. The minimum Gasteiger partial charge on any atom is -0.372 e. The Balaban J connectivity index is 1.24. The molecule has 1 saturated heterocycles. The number of aromatic nitrogens is 2. The molecular weight excluding hydrogens is 451 g/mol. The van der Waals surface area contributed by atoms with Crippen molar-refractivity contribution in [3.8, 4) is 11.4 Å². The average Bonchev–Trinajstić information content (AvgIpc) is 3.31. The van der Waals surface area contributed by atoms with E-state index >= 15 is 0 Å². The quantitative estimate of drug-likeness (QED) is 0.554. The highest BCUT2D eigenvalue weighted by Crippen LogP contribution is 2.19. The molecule has 35 heavy (non-hydrogen) atoms. The second kappa shape index (κ2) is 10.8. The molecule has 2 atom stereocenters. The number of carbonyl (C=O) groups excluding carboxylic acids is 2. The van der Waals surface area contributed by atoms with Crippen LogP contribution in [0.5, 0.6) is 0 Å². The number of aryl methyl sites for hydroxylation is 2. The minimum absolute atomic E-state index is 0.0164. The van der Waals surface area contributed by atoms with Gasteiger partial charge < -0.3 is 19.5 Å². The average molecular weight is 481 g/mol. The van der Waals surface area contributed by atoms with Crippen molar-refractivity contribution in [3.63, 3.8) is 0 Å². The smallest absolute Gasteiger partial charge is 0.254 e. The van der Waals surface area contributed by atoms with E-state index in [9.17, 15) is 14.0 Å². The first-order valence-corrected chi connectivity index (χ1v) is 11.7. The Labute approximate surface area is 203 Å². The molecule has 9 heteroatoms. The number of carbonyl (C=O) groups is 2. The lowest BCUT2D eigenvalue weighted by Crippen LogP contribution is -2.48. The maximum absolute atomic E-state index is 13.5. The van der Waals surface area contributed by atoms with Crippen molar-refractivity contribution in [3.05, 3.63) is 70.9 Å². The summed E-state index contributed by atoms with van der Waals surface area (Å²) in [5.41, 5.74) is 2.66. The lowest BCUT2D eigenvalue weighted by molar-refractivity contribution is -0.121. The van der Waals surface area contributed by atoms with E-state index in [1.807, 2.05) is 30.9 Å². The molecule has 0 bridgehead atoms. The molecule has 1 aromatic heterocycles. The van der Waals surface area contributed by atoms with Crippen LogP contribution in [-0.4, -0.2) is 52.2 Å². The molecule has 1 aliphatic heterocycles. The molecule has 0 saturated carbocycles. The molecule has 184 valence electrons. The van der Waals surface area contributed by atoms with Crippen molar-refractivity contribution < 1.29 is 23.2 Å². The first kappa shape index (κ1) is 24.5. The molecule has 3 aromatic rings. The van der Waals surface area contributed by atoms with Crippen LogP contribution in [-0.2, 0) is 22.5 Å². The highest BCUT2D eigenvalue weighted by atomic mass is 19.1. The molecule has 2 heterocycles. The van der Waals surface area contributed by atoms with E-state index in [0.717, 1.165) is 5.56 Å². The Kier molecular flexibility index (Phi) is 7.55. The summed E-state index contributed by atoms with van der Waals surface area (Å²) in [7, 11) is 0. The van der Waals surface area contributed by atoms with Gasteiger partial charge in [-0.25, -0.2) is 4.39 Å². The number of benzene rings is 2. The van der Waals surface area contributed by atoms with E-state index in [4.69, 9.17) is 9.26 Å².